The summed E-state index contributed by atoms with van der Waals surface area (Å²) in [6.07, 6.45) is -3.91. The van der Waals surface area contributed by atoms with Gasteiger partial charge in [0.25, 0.3) is 0 Å². The predicted molar refractivity (Wildman–Crippen MR) is 70.4 cm³/mol. The van der Waals surface area contributed by atoms with Crippen LogP contribution in [-0.4, -0.2) is 45.7 Å². The van der Waals surface area contributed by atoms with Crippen LogP contribution in [-0.2, 0) is 13.1 Å². The zero-order chi connectivity index (χ0) is 15.3. The van der Waals surface area contributed by atoms with Gasteiger partial charge in [-0.05, 0) is 27.2 Å². The fourth-order valence-electron chi connectivity index (χ4n) is 2.26. The Bertz CT molecular complexity index is 429. The summed E-state index contributed by atoms with van der Waals surface area (Å²) in [5, 5.41) is 13.1. The monoisotopic (exact) mass is 293 g/mol. The van der Waals surface area contributed by atoms with Crippen molar-refractivity contribution in [2.75, 3.05) is 19.7 Å². The summed E-state index contributed by atoms with van der Waals surface area (Å²) in [6, 6.07) is 0. The maximum atomic E-state index is 12.6. The molecule has 0 saturated carbocycles. The summed E-state index contributed by atoms with van der Waals surface area (Å²) in [4.78, 5) is 1.31. The molecule has 0 radical (unpaired) electrons. The predicted octanol–water partition coefficient (Wildman–Crippen LogP) is 2.27. The first kappa shape index (κ1) is 17.0. The van der Waals surface area contributed by atoms with Gasteiger partial charge in [-0.15, -0.1) is 0 Å². The Morgan fingerprint density at radius 1 is 1.30 bits per heavy atom. The van der Waals surface area contributed by atoms with E-state index in [0.29, 0.717) is 13.0 Å². The van der Waals surface area contributed by atoms with Gasteiger partial charge in [-0.1, -0.05) is 0 Å². The minimum absolute atomic E-state index is 0.111. The van der Waals surface area contributed by atoms with E-state index < -0.39 is 12.7 Å². The molecule has 0 aromatic carbocycles. The van der Waals surface area contributed by atoms with Gasteiger partial charge in [0.05, 0.1) is 12.2 Å². The first-order chi connectivity index (χ1) is 9.28. The van der Waals surface area contributed by atoms with E-state index in [1.807, 2.05) is 20.8 Å². The van der Waals surface area contributed by atoms with Gasteiger partial charge in [-0.25, -0.2) is 0 Å². The van der Waals surface area contributed by atoms with Crippen LogP contribution < -0.4 is 0 Å². The van der Waals surface area contributed by atoms with E-state index in [4.69, 9.17) is 5.11 Å². The highest BCUT2D eigenvalue weighted by atomic mass is 19.4. The van der Waals surface area contributed by atoms with Gasteiger partial charge in [-0.3, -0.25) is 9.58 Å². The van der Waals surface area contributed by atoms with Crippen LogP contribution in [0.5, 0.6) is 0 Å². The largest absolute Gasteiger partial charge is 0.401 e. The van der Waals surface area contributed by atoms with Gasteiger partial charge in [0.2, 0.25) is 0 Å². The van der Waals surface area contributed by atoms with E-state index in [-0.39, 0.29) is 19.7 Å². The van der Waals surface area contributed by atoms with Gasteiger partial charge in [0.15, 0.2) is 0 Å². The second kappa shape index (κ2) is 7.08. The lowest BCUT2D eigenvalue weighted by Gasteiger charge is -2.23. The van der Waals surface area contributed by atoms with Crippen LogP contribution >= 0.6 is 0 Å². The fraction of sp³-hybridized carbons (Fsp3) is 0.769. The fourth-order valence-corrected chi connectivity index (χ4v) is 2.26. The Kier molecular flexibility index (Phi) is 6.01. The normalized spacial score (nSPS) is 12.4. The van der Waals surface area contributed by atoms with Crippen molar-refractivity contribution < 1.29 is 18.3 Å². The Hall–Kier alpha value is -1.08. The molecule has 1 aromatic rings. The Balaban J connectivity index is 2.86. The van der Waals surface area contributed by atoms with Crippen molar-refractivity contribution in [1.29, 1.82) is 0 Å². The van der Waals surface area contributed by atoms with Crippen LogP contribution in [0, 0.1) is 13.8 Å². The molecule has 0 aliphatic heterocycles. The summed E-state index contributed by atoms with van der Waals surface area (Å²) in [5.74, 6) is 0. The molecule has 0 fully saturated rings. The number of aliphatic hydroxyl groups is 1. The SMILES string of the molecule is CCn1nc(C)c(CN(CCCO)CC(F)(F)F)c1C. The molecule has 0 aliphatic carbocycles. The van der Waals surface area contributed by atoms with Gasteiger partial charge in [0, 0.05) is 37.5 Å². The molecule has 0 atom stereocenters. The number of alkyl halides is 3. The van der Waals surface area contributed by atoms with Crippen LogP contribution in [0.15, 0.2) is 0 Å². The van der Waals surface area contributed by atoms with E-state index >= 15 is 0 Å². The number of hydrogen-bond donors (Lipinski definition) is 1. The molecule has 0 amide bonds. The highest BCUT2D eigenvalue weighted by Crippen LogP contribution is 2.21. The number of rotatable bonds is 7. The van der Waals surface area contributed by atoms with Crippen LogP contribution in [0.1, 0.15) is 30.3 Å². The van der Waals surface area contributed by atoms with E-state index in [9.17, 15) is 13.2 Å². The minimum atomic E-state index is -4.24. The summed E-state index contributed by atoms with van der Waals surface area (Å²) in [6.45, 7) is 5.67. The average Bonchev–Trinajstić information content (AvgIpc) is 2.61. The van der Waals surface area contributed by atoms with Crippen molar-refractivity contribution in [3.05, 3.63) is 17.0 Å². The van der Waals surface area contributed by atoms with Crippen molar-refractivity contribution in [2.24, 2.45) is 0 Å². The highest BCUT2D eigenvalue weighted by Gasteiger charge is 2.31. The number of aromatic nitrogens is 2. The first-order valence-corrected chi connectivity index (χ1v) is 6.71. The molecular weight excluding hydrogens is 271 g/mol. The average molecular weight is 293 g/mol. The van der Waals surface area contributed by atoms with Crippen molar-refractivity contribution in [2.45, 2.75) is 46.5 Å². The number of aryl methyl sites for hydroxylation is 2. The molecule has 1 aromatic heterocycles. The van der Waals surface area contributed by atoms with E-state index in [1.165, 1.54) is 4.90 Å². The molecule has 20 heavy (non-hydrogen) atoms. The second-order valence-corrected chi connectivity index (χ2v) is 4.87. The van der Waals surface area contributed by atoms with Crippen LogP contribution in [0.2, 0.25) is 0 Å². The summed E-state index contributed by atoms with van der Waals surface area (Å²) < 4.78 is 39.5. The number of halogens is 3. The molecule has 1 N–H and O–H groups in total. The maximum Gasteiger partial charge on any atom is 0.401 e. The number of nitrogens with zero attached hydrogens (tertiary/aromatic N) is 3. The van der Waals surface area contributed by atoms with Crippen molar-refractivity contribution in [1.82, 2.24) is 14.7 Å². The summed E-state index contributed by atoms with van der Waals surface area (Å²) in [5.41, 5.74) is 2.51. The quantitative estimate of drug-likeness (QED) is 0.838. The molecule has 1 heterocycles. The maximum absolute atomic E-state index is 12.6. The summed E-state index contributed by atoms with van der Waals surface area (Å²) in [7, 11) is 0. The van der Waals surface area contributed by atoms with E-state index in [0.717, 1.165) is 17.0 Å². The summed E-state index contributed by atoms with van der Waals surface area (Å²) >= 11 is 0. The van der Waals surface area contributed by atoms with Crippen molar-refractivity contribution in [3.63, 3.8) is 0 Å². The molecule has 116 valence electrons. The highest BCUT2D eigenvalue weighted by molar-refractivity contribution is 5.24. The number of aliphatic hydroxyl groups excluding tert-OH is 1. The van der Waals surface area contributed by atoms with Gasteiger partial charge in [0.1, 0.15) is 0 Å². The Labute approximate surface area is 117 Å². The van der Waals surface area contributed by atoms with Crippen LogP contribution in [0.25, 0.3) is 0 Å². The zero-order valence-electron chi connectivity index (χ0n) is 12.2. The molecule has 0 unspecified atom stereocenters. The van der Waals surface area contributed by atoms with E-state index in [1.54, 1.807) is 4.68 Å². The first-order valence-electron chi connectivity index (χ1n) is 6.71. The topological polar surface area (TPSA) is 41.3 Å². The van der Waals surface area contributed by atoms with Crippen LogP contribution in [0.3, 0.4) is 0 Å². The molecule has 0 spiro atoms. The molecule has 0 bridgehead atoms. The number of hydrogen-bond acceptors (Lipinski definition) is 3. The molecule has 4 nitrogen and oxygen atoms in total. The van der Waals surface area contributed by atoms with Gasteiger partial charge in [-0.2, -0.15) is 18.3 Å². The van der Waals surface area contributed by atoms with Crippen molar-refractivity contribution >= 4 is 0 Å². The molecule has 7 heteroatoms. The van der Waals surface area contributed by atoms with Gasteiger partial charge >= 0.3 is 6.18 Å². The third kappa shape index (κ3) is 4.79. The lowest BCUT2D eigenvalue weighted by molar-refractivity contribution is -0.147. The van der Waals surface area contributed by atoms with Crippen molar-refractivity contribution in [3.8, 4) is 0 Å². The third-order valence-corrected chi connectivity index (χ3v) is 3.25. The molecule has 0 aliphatic rings. The van der Waals surface area contributed by atoms with E-state index in [2.05, 4.69) is 5.10 Å². The molecule has 1 rings (SSSR count). The lowest BCUT2D eigenvalue weighted by atomic mass is 10.1. The standard InChI is InChI=1S/C13H22F3N3O/c1-4-19-11(3)12(10(2)17-19)8-18(6-5-7-20)9-13(14,15)16/h20H,4-9H2,1-3H3. The second-order valence-electron chi connectivity index (χ2n) is 4.87. The zero-order valence-corrected chi connectivity index (χ0v) is 12.2. The Morgan fingerprint density at radius 3 is 2.40 bits per heavy atom. The third-order valence-electron chi connectivity index (χ3n) is 3.25. The smallest absolute Gasteiger partial charge is 0.396 e. The minimum Gasteiger partial charge on any atom is -0.396 e. The molecule has 0 saturated heterocycles. The van der Waals surface area contributed by atoms with Gasteiger partial charge < -0.3 is 5.11 Å². The lowest BCUT2D eigenvalue weighted by Crippen LogP contribution is -2.35. The Morgan fingerprint density at radius 2 is 1.95 bits per heavy atom. The molecular formula is C13H22F3N3O. The van der Waals surface area contributed by atoms with Crippen LogP contribution in [0.4, 0.5) is 13.2 Å².